The van der Waals surface area contributed by atoms with Crippen LogP contribution in [-0.2, 0) is 0 Å². The van der Waals surface area contributed by atoms with Crippen LogP contribution < -0.4 is 5.32 Å². The molecule has 1 aromatic rings. The van der Waals surface area contributed by atoms with Gasteiger partial charge in [-0.2, -0.15) is 0 Å². The molecule has 1 atom stereocenters. The van der Waals surface area contributed by atoms with E-state index in [1.165, 1.54) is 12.1 Å². The first-order valence-electron chi connectivity index (χ1n) is 5.37. The molecule has 0 heterocycles. The third-order valence-electron chi connectivity index (χ3n) is 2.45. The topological polar surface area (TPSA) is 32.3 Å². The molecule has 0 unspecified atom stereocenters. The molecule has 0 bridgehead atoms. The lowest BCUT2D eigenvalue weighted by Gasteiger charge is -2.14. The third-order valence-corrected chi connectivity index (χ3v) is 2.45. The standard InChI is InChI=1S/C12H18FNO/c1-3-4-7-14-9(2)10-5-6-12(15)11(13)8-10/h5-6,8-9,14-15H,3-4,7H2,1-2H3/t9-/m1/s1. The van der Waals surface area contributed by atoms with E-state index in [2.05, 4.69) is 12.2 Å². The lowest BCUT2D eigenvalue weighted by atomic mass is 10.1. The number of phenolic OH excluding ortho intramolecular Hbond substituents is 1. The van der Waals surface area contributed by atoms with Crippen LogP contribution in [0.1, 0.15) is 38.3 Å². The number of rotatable bonds is 5. The summed E-state index contributed by atoms with van der Waals surface area (Å²) in [5.74, 6) is -0.851. The zero-order valence-electron chi connectivity index (χ0n) is 9.26. The summed E-state index contributed by atoms with van der Waals surface area (Å²) < 4.78 is 13.1. The van der Waals surface area contributed by atoms with Crippen molar-refractivity contribution in [3.63, 3.8) is 0 Å². The van der Waals surface area contributed by atoms with E-state index in [1.54, 1.807) is 6.07 Å². The van der Waals surface area contributed by atoms with Crippen molar-refractivity contribution in [2.45, 2.75) is 32.7 Å². The minimum atomic E-state index is -0.559. The van der Waals surface area contributed by atoms with Gasteiger partial charge < -0.3 is 10.4 Å². The van der Waals surface area contributed by atoms with Crippen molar-refractivity contribution in [1.82, 2.24) is 5.32 Å². The summed E-state index contributed by atoms with van der Waals surface area (Å²) in [6, 6.07) is 4.62. The zero-order valence-corrected chi connectivity index (χ0v) is 9.26. The van der Waals surface area contributed by atoms with Gasteiger partial charge >= 0.3 is 0 Å². The second kappa shape index (κ2) is 5.71. The van der Waals surface area contributed by atoms with Crippen LogP contribution in [0, 0.1) is 5.82 Å². The summed E-state index contributed by atoms with van der Waals surface area (Å²) in [5.41, 5.74) is 0.862. The van der Waals surface area contributed by atoms with Crippen molar-refractivity contribution in [1.29, 1.82) is 0 Å². The number of nitrogens with one attached hydrogen (secondary N) is 1. The highest BCUT2D eigenvalue weighted by Gasteiger charge is 2.07. The molecule has 1 rings (SSSR count). The maximum absolute atomic E-state index is 13.1. The second-order valence-electron chi connectivity index (χ2n) is 3.74. The normalized spacial score (nSPS) is 12.7. The quantitative estimate of drug-likeness (QED) is 0.734. The van der Waals surface area contributed by atoms with Crippen LogP contribution in [0.3, 0.4) is 0 Å². The van der Waals surface area contributed by atoms with Crippen LogP contribution in [0.4, 0.5) is 4.39 Å². The molecule has 1 aromatic carbocycles. The van der Waals surface area contributed by atoms with Gasteiger partial charge in [-0.25, -0.2) is 4.39 Å². The van der Waals surface area contributed by atoms with E-state index in [0.717, 1.165) is 24.9 Å². The Bertz CT molecular complexity index is 314. The maximum atomic E-state index is 13.1. The molecular formula is C12H18FNO. The number of benzene rings is 1. The van der Waals surface area contributed by atoms with E-state index in [1.807, 2.05) is 6.92 Å². The zero-order chi connectivity index (χ0) is 11.3. The fourth-order valence-electron chi connectivity index (χ4n) is 1.41. The molecule has 2 N–H and O–H groups in total. The Balaban J connectivity index is 2.57. The van der Waals surface area contributed by atoms with Gasteiger partial charge in [0.2, 0.25) is 0 Å². The molecule has 0 fully saturated rings. The molecule has 0 aliphatic heterocycles. The average molecular weight is 211 g/mol. The van der Waals surface area contributed by atoms with Crippen LogP contribution >= 0.6 is 0 Å². The fourth-order valence-corrected chi connectivity index (χ4v) is 1.41. The lowest BCUT2D eigenvalue weighted by molar-refractivity contribution is 0.430. The molecule has 0 spiro atoms. The molecule has 0 radical (unpaired) electrons. The number of unbranched alkanes of at least 4 members (excludes halogenated alkanes) is 1. The summed E-state index contributed by atoms with van der Waals surface area (Å²) in [6.07, 6.45) is 2.26. The highest BCUT2D eigenvalue weighted by atomic mass is 19.1. The Kier molecular flexibility index (Phi) is 4.56. The SMILES string of the molecule is CCCCN[C@H](C)c1ccc(O)c(F)c1. The molecule has 15 heavy (non-hydrogen) atoms. The molecule has 84 valence electrons. The first-order valence-corrected chi connectivity index (χ1v) is 5.37. The number of halogens is 1. The molecule has 2 nitrogen and oxygen atoms in total. The minimum absolute atomic E-state index is 0.117. The Labute approximate surface area is 90.1 Å². The minimum Gasteiger partial charge on any atom is -0.505 e. The number of hydrogen-bond donors (Lipinski definition) is 2. The van der Waals surface area contributed by atoms with E-state index in [4.69, 9.17) is 5.11 Å². The number of hydrogen-bond acceptors (Lipinski definition) is 2. The van der Waals surface area contributed by atoms with Crippen molar-refractivity contribution < 1.29 is 9.50 Å². The maximum Gasteiger partial charge on any atom is 0.165 e. The largest absolute Gasteiger partial charge is 0.505 e. The summed E-state index contributed by atoms with van der Waals surface area (Å²) >= 11 is 0. The first-order chi connectivity index (χ1) is 7.15. The summed E-state index contributed by atoms with van der Waals surface area (Å²) in [7, 11) is 0. The van der Waals surface area contributed by atoms with E-state index in [0.29, 0.717) is 0 Å². The molecule has 3 heteroatoms. The number of phenols is 1. The van der Waals surface area contributed by atoms with Crippen LogP contribution in [0.15, 0.2) is 18.2 Å². The van der Waals surface area contributed by atoms with Crippen molar-refractivity contribution in [3.05, 3.63) is 29.6 Å². The Morgan fingerprint density at radius 3 is 2.80 bits per heavy atom. The molecular weight excluding hydrogens is 193 g/mol. The van der Waals surface area contributed by atoms with E-state index < -0.39 is 5.82 Å². The fraction of sp³-hybridized carbons (Fsp3) is 0.500. The van der Waals surface area contributed by atoms with E-state index in [9.17, 15) is 4.39 Å². The predicted molar refractivity (Wildman–Crippen MR) is 59.4 cm³/mol. The summed E-state index contributed by atoms with van der Waals surface area (Å²) in [5, 5.41) is 12.3. The third kappa shape index (κ3) is 3.51. The van der Waals surface area contributed by atoms with Gasteiger partial charge in [-0.1, -0.05) is 19.4 Å². The van der Waals surface area contributed by atoms with Gasteiger partial charge in [-0.15, -0.1) is 0 Å². The molecule has 0 saturated carbocycles. The Morgan fingerprint density at radius 2 is 2.20 bits per heavy atom. The van der Waals surface area contributed by atoms with Crippen LogP contribution in [0.5, 0.6) is 5.75 Å². The Morgan fingerprint density at radius 1 is 1.47 bits per heavy atom. The van der Waals surface area contributed by atoms with Gasteiger partial charge in [0.1, 0.15) is 0 Å². The summed E-state index contributed by atoms with van der Waals surface area (Å²) in [6.45, 7) is 5.05. The monoisotopic (exact) mass is 211 g/mol. The van der Waals surface area contributed by atoms with E-state index >= 15 is 0 Å². The molecule has 0 aromatic heterocycles. The molecule has 0 aliphatic carbocycles. The van der Waals surface area contributed by atoms with Crippen LogP contribution in [0.2, 0.25) is 0 Å². The average Bonchev–Trinajstić information content (AvgIpc) is 2.22. The van der Waals surface area contributed by atoms with Crippen molar-refractivity contribution in [2.75, 3.05) is 6.54 Å². The van der Waals surface area contributed by atoms with E-state index in [-0.39, 0.29) is 11.8 Å². The van der Waals surface area contributed by atoms with Crippen LogP contribution in [-0.4, -0.2) is 11.7 Å². The van der Waals surface area contributed by atoms with Gasteiger partial charge in [-0.3, -0.25) is 0 Å². The predicted octanol–water partition coefficient (Wildman–Crippen LogP) is 2.98. The Hall–Kier alpha value is -1.09. The van der Waals surface area contributed by atoms with Gasteiger partial charge in [0.25, 0.3) is 0 Å². The van der Waals surface area contributed by atoms with Gasteiger partial charge in [0.05, 0.1) is 0 Å². The molecule has 0 aliphatic rings. The molecule has 0 amide bonds. The van der Waals surface area contributed by atoms with Gasteiger partial charge in [0, 0.05) is 6.04 Å². The number of aromatic hydroxyl groups is 1. The second-order valence-corrected chi connectivity index (χ2v) is 3.74. The van der Waals surface area contributed by atoms with Gasteiger partial charge in [-0.05, 0) is 37.6 Å². The first kappa shape index (κ1) is 12.0. The summed E-state index contributed by atoms with van der Waals surface area (Å²) in [4.78, 5) is 0. The van der Waals surface area contributed by atoms with Crippen molar-refractivity contribution >= 4 is 0 Å². The van der Waals surface area contributed by atoms with Crippen molar-refractivity contribution in [2.24, 2.45) is 0 Å². The van der Waals surface area contributed by atoms with Gasteiger partial charge in [0.15, 0.2) is 11.6 Å². The molecule has 0 saturated heterocycles. The smallest absolute Gasteiger partial charge is 0.165 e. The van der Waals surface area contributed by atoms with Crippen molar-refractivity contribution in [3.8, 4) is 5.75 Å². The van der Waals surface area contributed by atoms with Crippen LogP contribution in [0.25, 0.3) is 0 Å². The lowest BCUT2D eigenvalue weighted by Crippen LogP contribution is -2.19. The highest BCUT2D eigenvalue weighted by Crippen LogP contribution is 2.20. The highest BCUT2D eigenvalue weighted by molar-refractivity contribution is 5.29.